The van der Waals surface area contributed by atoms with Gasteiger partial charge in [-0.25, -0.2) is 4.98 Å². The van der Waals surface area contributed by atoms with E-state index >= 15 is 0 Å². The zero-order valence-electron chi connectivity index (χ0n) is 15.4. The van der Waals surface area contributed by atoms with Crippen LogP contribution >= 0.6 is 0 Å². The highest BCUT2D eigenvalue weighted by atomic mass is 19.4. The lowest BCUT2D eigenvalue weighted by Gasteiger charge is -2.29. The van der Waals surface area contributed by atoms with Crippen LogP contribution in [-0.2, 0) is 11.3 Å². The van der Waals surface area contributed by atoms with Crippen molar-refractivity contribution in [3.63, 3.8) is 0 Å². The summed E-state index contributed by atoms with van der Waals surface area (Å²) >= 11 is 0. The fraction of sp³-hybridized carbons (Fsp3) is 0.526. The smallest absolute Gasteiger partial charge is 0.348 e. The predicted molar refractivity (Wildman–Crippen MR) is 97.4 cm³/mol. The molecule has 1 amide bonds. The number of halogens is 3. The fourth-order valence-corrected chi connectivity index (χ4v) is 4.27. The Morgan fingerprint density at radius 3 is 2.57 bits per heavy atom. The van der Waals surface area contributed by atoms with Crippen molar-refractivity contribution in [2.75, 3.05) is 6.54 Å². The number of nitrogens with zero attached hydrogens (tertiary/aromatic N) is 3. The van der Waals surface area contributed by atoms with E-state index in [0.29, 0.717) is 17.8 Å². The molecule has 0 unspecified atom stereocenters. The average molecular weight is 394 g/mol. The number of pyridine rings is 1. The second kappa shape index (κ2) is 6.79. The van der Waals surface area contributed by atoms with Gasteiger partial charge in [-0.3, -0.25) is 18.6 Å². The van der Waals surface area contributed by atoms with Gasteiger partial charge in [-0.2, -0.15) is 13.2 Å². The minimum Gasteiger partial charge on any atom is -0.348 e. The van der Waals surface area contributed by atoms with Crippen LogP contribution in [0, 0.1) is 18.8 Å². The summed E-state index contributed by atoms with van der Waals surface area (Å²) in [7, 11) is 0. The lowest BCUT2D eigenvalue weighted by Crippen LogP contribution is -2.40. The Balaban J connectivity index is 1.42. The SMILES string of the molecule is Cc1nc2cccc3n(C[C@H]4CC[C@H](CNC(=O)C(F)(F)F)CC4)c(=O)c1n23. The third kappa shape index (κ3) is 3.22. The molecule has 1 N–H and O–H groups in total. The molecule has 0 bridgehead atoms. The summed E-state index contributed by atoms with van der Waals surface area (Å²) in [5, 5.41) is 1.98. The first-order chi connectivity index (χ1) is 13.3. The molecule has 0 saturated heterocycles. The highest BCUT2D eigenvalue weighted by Crippen LogP contribution is 2.30. The number of amides is 1. The average Bonchev–Trinajstić information content (AvgIpc) is 3.13. The maximum atomic E-state index is 12.9. The highest BCUT2D eigenvalue weighted by molar-refractivity contribution is 5.81. The number of imidazole rings is 2. The van der Waals surface area contributed by atoms with E-state index in [2.05, 4.69) is 4.98 Å². The number of carbonyl (C=O) groups is 1. The molecule has 28 heavy (non-hydrogen) atoms. The van der Waals surface area contributed by atoms with Gasteiger partial charge in [-0.1, -0.05) is 6.07 Å². The Morgan fingerprint density at radius 2 is 1.89 bits per heavy atom. The number of aryl methyl sites for hydroxylation is 1. The Morgan fingerprint density at radius 1 is 1.21 bits per heavy atom. The van der Waals surface area contributed by atoms with Crippen molar-refractivity contribution in [2.24, 2.45) is 11.8 Å². The van der Waals surface area contributed by atoms with Crippen LogP contribution in [0.4, 0.5) is 13.2 Å². The molecule has 3 aromatic heterocycles. The third-order valence-electron chi connectivity index (χ3n) is 5.74. The van der Waals surface area contributed by atoms with Crippen molar-refractivity contribution in [2.45, 2.75) is 45.3 Å². The molecule has 0 atom stereocenters. The van der Waals surface area contributed by atoms with Crippen LogP contribution in [-0.4, -0.2) is 32.6 Å². The molecule has 1 fully saturated rings. The van der Waals surface area contributed by atoms with Crippen molar-refractivity contribution < 1.29 is 18.0 Å². The van der Waals surface area contributed by atoms with Gasteiger partial charge in [-0.15, -0.1) is 0 Å². The Bertz CT molecular complexity index is 1060. The largest absolute Gasteiger partial charge is 0.471 e. The Labute approximate surface area is 158 Å². The van der Waals surface area contributed by atoms with E-state index in [1.807, 2.05) is 34.8 Å². The Kier molecular flexibility index (Phi) is 4.55. The zero-order valence-corrected chi connectivity index (χ0v) is 15.4. The van der Waals surface area contributed by atoms with Gasteiger partial charge in [0.2, 0.25) is 0 Å². The van der Waals surface area contributed by atoms with Gasteiger partial charge >= 0.3 is 12.1 Å². The van der Waals surface area contributed by atoms with Crippen LogP contribution in [0.15, 0.2) is 23.0 Å². The normalized spacial score (nSPS) is 20.9. The van der Waals surface area contributed by atoms with Crippen LogP contribution in [0.5, 0.6) is 0 Å². The molecule has 1 aliphatic carbocycles. The monoisotopic (exact) mass is 394 g/mol. The van der Waals surface area contributed by atoms with Crippen molar-refractivity contribution in [1.82, 2.24) is 19.3 Å². The predicted octanol–water partition coefficient (Wildman–Crippen LogP) is 2.88. The molecule has 0 aliphatic heterocycles. The van der Waals surface area contributed by atoms with Crippen molar-refractivity contribution in [3.8, 4) is 0 Å². The van der Waals surface area contributed by atoms with E-state index in [1.165, 1.54) is 0 Å². The van der Waals surface area contributed by atoms with Gasteiger partial charge in [0.05, 0.1) is 5.69 Å². The van der Waals surface area contributed by atoms with E-state index in [1.54, 1.807) is 4.57 Å². The molecular weight excluding hydrogens is 373 g/mol. The summed E-state index contributed by atoms with van der Waals surface area (Å²) in [5.74, 6) is -1.55. The summed E-state index contributed by atoms with van der Waals surface area (Å²) in [4.78, 5) is 28.2. The Hall–Kier alpha value is -2.58. The van der Waals surface area contributed by atoms with Crippen LogP contribution in [0.2, 0.25) is 0 Å². The maximum absolute atomic E-state index is 12.9. The minimum absolute atomic E-state index is 0.0421. The van der Waals surface area contributed by atoms with Crippen LogP contribution < -0.4 is 10.9 Å². The van der Waals surface area contributed by atoms with E-state index < -0.39 is 12.1 Å². The van der Waals surface area contributed by atoms with Crippen LogP contribution in [0.1, 0.15) is 31.4 Å². The molecule has 0 spiro atoms. The number of hydrogen-bond acceptors (Lipinski definition) is 3. The van der Waals surface area contributed by atoms with E-state index in [9.17, 15) is 22.8 Å². The van der Waals surface area contributed by atoms with Gasteiger partial charge < -0.3 is 5.32 Å². The second-order valence-corrected chi connectivity index (χ2v) is 7.63. The summed E-state index contributed by atoms with van der Waals surface area (Å²) in [6.07, 6.45) is -1.72. The zero-order chi connectivity index (χ0) is 20.1. The quantitative estimate of drug-likeness (QED) is 0.740. The third-order valence-corrected chi connectivity index (χ3v) is 5.74. The number of rotatable bonds is 4. The standard InChI is InChI=1S/C19H21F3N4O2/c1-11-16-17(27)25(15-4-2-3-14(24-11)26(15)16)10-13-7-5-12(6-8-13)9-23-18(28)19(20,21)22/h2-4,12-13H,5-10H2,1H3,(H,23,28)/t12-,13-. The van der Waals surface area contributed by atoms with Crippen LogP contribution in [0.3, 0.4) is 0 Å². The van der Waals surface area contributed by atoms with Gasteiger partial charge in [0, 0.05) is 13.1 Å². The van der Waals surface area contributed by atoms with Crippen molar-refractivity contribution in [3.05, 3.63) is 34.2 Å². The van der Waals surface area contributed by atoms with Gasteiger partial charge in [0.15, 0.2) is 0 Å². The lowest BCUT2D eigenvalue weighted by atomic mass is 9.82. The summed E-state index contributed by atoms with van der Waals surface area (Å²) in [5.41, 5.74) is 2.84. The molecule has 4 rings (SSSR count). The molecular formula is C19H21F3N4O2. The van der Waals surface area contributed by atoms with Crippen molar-refractivity contribution in [1.29, 1.82) is 0 Å². The molecule has 1 saturated carbocycles. The van der Waals surface area contributed by atoms with E-state index in [-0.39, 0.29) is 23.9 Å². The highest BCUT2D eigenvalue weighted by Gasteiger charge is 2.38. The van der Waals surface area contributed by atoms with Crippen LogP contribution in [0.25, 0.3) is 16.8 Å². The van der Waals surface area contributed by atoms with E-state index in [4.69, 9.17) is 0 Å². The molecule has 9 heteroatoms. The molecule has 3 heterocycles. The van der Waals surface area contributed by atoms with Gasteiger partial charge in [0.1, 0.15) is 16.8 Å². The number of alkyl halides is 3. The summed E-state index contributed by atoms with van der Waals surface area (Å²) < 4.78 is 40.5. The number of aromatic nitrogens is 3. The molecule has 0 radical (unpaired) electrons. The summed E-state index contributed by atoms with van der Waals surface area (Å²) in [6, 6.07) is 5.66. The molecule has 3 aromatic rings. The first-order valence-electron chi connectivity index (χ1n) is 9.40. The number of hydrogen-bond donors (Lipinski definition) is 1. The maximum Gasteiger partial charge on any atom is 0.471 e. The molecule has 1 aliphatic rings. The minimum atomic E-state index is -4.84. The van der Waals surface area contributed by atoms with E-state index in [0.717, 1.165) is 37.0 Å². The van der Waals surface area contributed by atoms with Crippen molar-refractivity contribution >= 4 is 22.7 Å². The first-order valence-corrected chi connectivity index (χ1v) is 9.40. The number of nitrogens with one attached hydrogen (secondary N) is 1. The lowest BCUT2D eigenvalue weighted by molar-refractivity contribution is -0.173. The number of carbonyl (C=O) groups excluding carboxylic acids is 1. The van der Waals surface area contributed by atoms with Gasteiger partial charge in [0.25, 0.3) is 5.56 Å². The fourth-order valence-electron chi connectivity index (χ4n) is 4.27. The molecule has 6 nitrogen and oxygen atoms in total. The molecule has 0 aromatic carbocycles. The molecule has 150 valence electrons. The topological polar surface area (TPSA) is 68.4 Å². The second-order valence-electron chi connectivity index (χ2n) is 7.63. The summed E-state index contributed by atoms with van der Waals surface area (Å²) in [6.45, 7) is 2.46. The van der Waals surface area contributed by atoms with Gasteiger partial charge in [-0.05, 0) is 56.6 Å². The first kappa shape index (κ1) is 18.8.